The lowest BCUT2D eigenvalue weighted by molar-refractivity contribution is 0.198. The molecule has 0 aromatic carbocycles. The molecule has 0 amide bonds. The highest BCUT2D eigenvalue weighted by atomic mass is 28.4. The van der Waals surface area contributed by atoms with E-state index in [0.717, 1.165) is 18.9 Å². The van der Waals surface area contributed by atoms with Gasteiger partial charge in [0.05, 0.1) is 25.7 Å². The van der Waals surface area contributed by atoms with Gasteiger partial charge in [-0.05, 0) is 25.1 Å². The lowest BCUT2D eigenvalue weighted by Gasteiger charge is -2.38. The van der Waals surface area contributed by atoms with Crippen molar-refractivity contribution in [1.82, 2.24) is 0 Å². The molecule has 3 nitrogen and oxygen atoms in total. The average molecular weight is 243 g/mol. The van der Waals surface area contributed by atoms with Crippen molar-refractivity contribution in [2.75, 3.05) is 13.2 Å². The molecule has 1 aliphatic rings. The molecule has 0 N–H and O–H groups in total. The van der Waals surface area contributed by atoms with Gasteiger partial charge in [-0.1, -0.05) is 20.8 Å². The summed E-state index contributed by atoms with van der Waals surface area (Å²) in [5.41, 5.74) is 0. The number of hydrogen-bond acceptors (Lipinski definition) is 3. The minimum Gasteiger partial charge on any atom is -0.481 e. The van der Waals surface area contributed by atoms with E-state index in [4.69, 9.17) is 9.16 Å². The zero-order chi connectivity index (χ0) is 12.4. The zero-order valence-corrected chi connectivity index (χ0v) is 12.5. The average Bonchev–Trinajstić information content (AvgIpc) is 2.50. The lowest BCUT2D eigenvalue weighted by atomic mass is 10.2. The van der Waals surface area contributed by atoms with Gasteiger partial charge in [0.2, 0.25) is 0 Å². The highest BCUT2D eigenvalue weighted by molar-refractivity contribution is 6.74. The SMILES string of the molecule is CCOC1=NCC(O[Si](C)(C)C(C)(C)C)C1. The van der Waals surface area contributed by atoms with E-state index in [9.17, 15) is 0 Å². The summed E-state index contributed by atoms with van der Waals surface area (Å²) >= 11 is 0. The molecule has 16 heavy (non-hydrogen) atoms. The summed E-state index contributed by atoms with van der Waals surface area (Å²) in [4.78, 5) is 4.36. The molecule has 1 heterocycles. The monoisotopic (exact) mass is 243 g/mol. The molecule has 1 unspecified atom stereocenters. The largest absolute Gasteiger partial charge is 0.481 e. The van der Waals surface area contributed by atoms with E-state index in [1.54, 1.807) is 0 Å². The molecule has 0 saturated carbocycles. The third-order valence-corrected chi connectivity index (χ3v) is 7.99. The van der Waals surface area contributed by atoms with Crippen LogP contribution >= 0.6 is 0 Å². The predicted molar refractivity (Wildman–Crippen MR) is 70.6 cm³/mol. The molecule has 0 saturated heterocycles. The second-order valence-corrected chi connectivity index (χ2v) is 10.6. The van der Waals surface area contributed by atoms with Crippen molar-refractivity contribution in [3.63, 3.8) is 0 Å². The normalized spacial score (nSPS) is 22.1. The van der Waals surface area contributed by atoms with Gasteiger partial charge in [-0.3, -0.25) is 4.99 Å². The van der Waals surface area contributed by atoms with E-state index in [2.05, 4.69) is 38.9 Å². The molecule has 0 aromatic heterocycles. The Balaban J connectivity index is 2.47. The quantitative estimate of drug-likeness (QED) is 0.713. The lowest BCUT2D eigenvalue weighted by Crippen LogP contribution is -2.44. The van der Waals surface area contributed by atoms with Crippen LogP contribution in [0.5, 0.6) is 0 Å². The van der Waals surface area contributed by atoms with E-state index in [0.29, 0.717) is 6.61 Å². The van der Waals surface area contributed by atoms with Gasteiger partial charge in [-0.2, -0.15) is 0 Å². The van der Waals surface area contributed by atoms with Crippen LogP contribution in [0.4, 0.5) is 0 Å². The highest BCUT2D eigenvalue weighted by Gasteiger charge is 2.40. The summed E-state index contributed by atoms with van der Waals surface area (Å²) in [6, 6.07) is 0. The van der Waals surface area contributed by atoms with Crippen molar-refractivity contribution in [2.45, 2.75) is 58.4 Å². The van der Waals surface area contributed by atoms with E-state index >= 15 is 0 Å². The van der Waals surface area contributed by atoms with Gasteiger partial charge in [-0.15, -0.1) is 0 Å². The Morgan fingerprint density at radius 1 is 1.38 bits per heavy atom. The third kappa shape index (κ3) is 3.32. The summed E-state index contributed by atoms with van der Waals surface area (Å²) in [6.45, 7) is 14.8. The Bertz CT molecular complexity index is 269. The number of hydrogen-bond donors (Lipinski definition) is 0. The Morgan fingerprint density at radius 2 is 2.00 bits per heavy atom. The van der Waals surface area contributed by atoms with Gasteiger partial charge in [-0.25, -0.2) is 0 Å². The van der Waals surface area contributed by atoms with E-state index in [-0.39, 0.29) is 11.1 Å². The molecule has 1 aliphatic heterocycles. The van der Waals surface area contributed by atoms with Gasteiger partial charge in [0.15, 0.2) is 14.2 Å². The minimum absolute atomic E-state index is 0.238. The predicted octanol–water partition coefficient (Wildman–Crippen LogP) is 3.22. The van der Waals surface area contributed by atoms with Crippen LogP contribution in [-0.4, -0.2) is 33.5 Å². The maximum atomic E-state index is 6.28. The summed E-state index contributed by atoms with van der Waals surface area (Å²) in [5, 5.41) is 0.265. The highest BCUT2D eigenvalue weighted by Crippen LogP contribution is 2.38. The maximum absolute atomic E-state index is 6.28. The van der Waals surface area contributed by atoms with Crippen molar-refractivity contribution in [3.8, 4) is 0 Å². The molecule has 0 fully saturated rings. The zero-order valence-electron chi connectivity index (χ0n) is 11.5. The second-order valence-electron chi connectivity index (χ2n) is 5.87. The summed E-state index contributed by atoms with van der Waals surface area (Å²) in [5.74, 6) is 0.867. The molecule has 0 aliphatic carbocycles. The fourth-order valence-electron chi connectivity index (χ4n) is 1.47. The Kier molecular flexibility index (Phi) is 4.18. The van der Waals surface area contributed by atoms with Crippen molar-refractivity contribution in [2.24, 2.45) is 4.99 Å². The summed E-state index contributed by atoms with van der Waals surface area (Å²) < 4.78 is 11.7. The second kappa shape index (κ2) is 4.88. The fourth-order valence-corrected chi connectivity index (χ4v) is 2.82. The number of rotatable bonds is 3. The summed E-state index contributed by atoms with van der Waals surface area (Å²) in [6.07, 6.45) is 1.09. The Morgan fingerprint density at radius 3 is 2.50 bits per heavy atom. The van der Waals surface area contributed by atoms with Crippen molar-refractivity contribution in [3.05, 3.63) is 0 Å². The molecule has 4 heteroatoms. The van der Waals surface area contributed by atoms with Crippen LogP contribution in [0.2, 0.25) is 18.1 Å². The van der Waals surface area contributed by atoms with Gasteiger partial charge >= 0.3 is 0 Å². The van der Waals surface area contributed by atoms with Crippen molar-refractivity contribution >= 4 is 14.2 Å². The molecule has 0 spiro atoms. The standard InChI is InChI=1S/C12H25NO2Si/c1-7-14-11-8-10(9-13-11)15-16(5,6)12(2,3)4/h10H,7-9H2,1-6H3. The molecule has 1 atom stereocenters. The molecule has 0 aromatic rings. The first-order valence-corrected chi connectivity index (χ1v) is 9.01. The van der Waals surface area contributed by atoms with Crippen molar-refractivity contribution in [1.29, 1.82) is 0 Å². The van der Waals surface area contributed by atoms with Gasteiger partial charge in [0.1, 0.15) is 0 Å². The van der Waals surface area contributed by atoms with Crippen LogP contribution in [0, 0.1) is 0 Å². The first-order valence-electron chi connectivity index (χ1n) is 6.10. The first-order chi connectivity index (χ1) is 7.26. The van der Waals surface area contributed by atoms with Gasteiger partial charge < -0.3 is 9.16 Å². The number of nitrogens with zero attached hydrogens (tertiary/aromatic N) is 1. The van der Waals surface area contributed by atoms with E-state index in [1.165, 1.54) is 0 Å². The van der Waals surface area contributed by atoms with E-state index in [1.807, 2.05) is 6.92 Å². The topological polar surface area (TPSA) is 30.8 Å². The van der Waals surface area contributed by atoms with Crippen LogP contribution < -0.4 is 0 Å². The molecule has 94 valence electrons. The fraction of sp³-hybridized carbons (Fsp3) is 0.917. The summed E-state index contributed by atoms with van der Waals surface area (Å²) in [7, 11) is -1.65. The third-order valence-electron chi connectivity index (χ3n) is 3.45. The number of ether oxygens (including phenoxy) is 1. The Hall–Kier alpha value is -0.353. The molecule has 1 rings (SSSR count). The van der Waals surface area contributed by atoms with Gasteiger partial charge in [0, 0.05) is 0 Å². The Labute approximate surface area is 100 Å². The van der Waals surface area contributed by atoms with Crippen molar-refractivity contribution < 1.29 is 9.16 Å². The van der Waals surface area contributed by atoms with E-state index < -0.39 is 8.32 Å². The smallest absolute Gasteiger partial charge is 0.192 e. The van der Waals surface area contributed by atoms with Gasteiger partial charge in [0.25, 0.3) is 0 Å². The molecular formula is C12H25NO2Si. The number of aliphatic imine (C=N–C) groups is 1. The van der Waals surface area contributed by atoms with Crippen LogP contribution in [0.3, 0.4) is 0 Å². The van der Waals surface area contributed by atoms with Crippen LogP contribution in [0.25, 0.3) is 0 Å². The van der Waals surface area contributed by atoms with Crippen LogP contribution in [-0.2, 0) is 9.16 Å². The maximum Gasteiger partial charge on any atom is 0.192 e. The molecule has 0 radical (unpaired) electrons. The van der Waals surface area contributed by atoms with Crippen LogP contribution in [0.1, 0.15) is 34.1 Å². The first kappa shape index (κ1) is 13.7. The minimum atomic E-state index is -1.65. The molecular weight excluding hydrogens is 218 g/mol. The van der Waals surface area contributed by atoms with Crippen LogP contribution in [0.15, 0.2) is 4.99 Å². The molecule has 0 bridgehead atoms.